The Balaban J connectivity index is 2.34. The highest BCUT2D eigenvalue weighted by atomic mass is 79.9. The van der Waals surface area contributed by atoms with Gasteiger partial charge in [-0.2, -0.15) is 0 Å². The number of aliphatic hydroxyl groups is 1. The topological polar surface area (TPSA) is 33.1 Å². The van der Waals surface area contributed by atoms with Gasteiger partial charge >= 0.3 is 0 Å². The number of rotatable bonds is 1. The van der Waals surface area contributed by atoms with Crippen LogP contribution in [0.2, 0.25) is 0 Å². The van der Waals surface area contributed by atoms with Crippen molar-refractivity contribution in [2.75, 3.05) is 0 Å². The average molecular weight is 304 g/mol. The van der Waals surface area contributed by atoms with Crippen LogP contribution >= 0.6 is 27.3 Å². The molecule has 0 saturated heterocycles. The molecule has 2 unspecified atom stereocenters. The Morgan fingerprint density at radius 1 is 1.50 bits per heavy atom. The Hall–Kier alpha value is 0.0700. The Kier molecular flexibility index (Phi) is 3.19. The molecule has 1 aromatic heterocycles. The van der Waals surface area contributed by atoms with Crippen LogP contribution in [-0.4, -0.2) is 10.1 Å². The van der Waals surface area contributed by atoms with Crippen molar-refractivity contribution >= 4 is 27.3 Å². The maximum Gasteiger partial charge on any atom is 0.123 e. The third-order valence-electron chi connectivity index (χ3n) is 3.30. The van der Waals surface area contributed by atoms with Gasteiger partial charge in [-0.3, -0.25) is 0 Å². The van der Waals surface area contributed by atoms with Crippen LogP contribution in [0.3, 0.4) is 0 Å². The van der Waals surface area contributed by atoms with E-state index in [0.717, 1.165) is 22.3 Å². The van der Waals surface area contributed by atoms with Crippen molar-refractivity contribution in [3.8, 4) is 0 Å². The van der Waals surface area contributed by atoms with E-state index in [1.807, 2.05) is 0 Å². The predicted octanol–water partition coefficient (Wildman–Crippen LogP) is 3.94. The van der Waals surface area contributed by atoms with Crippen LogP contribution in [0.4, 0.5) is 0 Å². The van der Waals surface area contributed by atoms with Crippen LogP contribution in [0.25, 0.3) is 0 Å². The molecule has 4 heteroatoms. The standard InChI is InChI=1S/C12H18BrNOS/c1-8-4-11(2,3)6-12(15,5-8)9-10(13)14-7-16-9/h7-8,15H,4-6H2,1-3H3. The van der Waals surface area contributed by atoms with E-state index in [1.165, 1.54) is 6.42 Å². The fraction of sp³-hybridized carbons (Fsp3) is 0.750. The van der Waals surface area contributed by atoms with Gasteiger partial charge in [0.2, 0.25) is 0 Å². The smallest absolute Gasteiger partial charge is 0.123 e. The summed E-state index contributed by atoms with van der Waals surface area (Å²) in [6.45, 7) is 6.70. The molecule has 0 aromatic carbocycles. The van der Waals surface area contributed by atoms with E-state index in [0.29, 0.717) is 5.92 Å². The van der Waals surface area contributed by atoms with Crippen molar-refractivity contribution in [1.82, 2.24) is 4.98 Å². The highest BCUT2D eigenvalue weighted by Crippen LogP contribution is 2.50. The number of hydrogen-bond acceptors (Lipinski definition) is 3. The largest absolute Gasteiger partial charge is 0.384 e. The molecule has 0 aliphatic heterocycles. The molecule has 16 heavy (non-hydrogen) atoms. The summed E-state index contributed by atoms with van der Waals surface area (Å²) in [5.74, 6) is 0.558. The maximum absolute atomic E-state index is 10.9. The van der Waals surface area contributed by atoms with E-state index in [2.05, 4.69) is 41.7 Å². The Labute approximate surface area is 109 Å². The maximum atomic E-state index is 10.9. The lowest BCUT2D eigenvalue weighted by Gasteiger charge is -2.44. The van der Waals surface area contributed by atoms with E-state index < -0.39 is 5.60 Å². The van der Waals surface area contributed by atoms with Gasteiger partial charge < -0.3 is 5.11 Å². The highest BCUT2D eigenvalue weighted by Gasteiger charge is 2.44. The van der Waals surface area contributed by atoms with Crippen molar-refractivity contribution in [3.63, 3.8) is 0 Å². The monoisotopic (exact) mass is 303 g/mol. The normalized spacial score (nSPS) is 33.9. The third-order valence-corrected chi connectivity index (χ3v) is 5.19. The van der Waals surface area contributed by atoms with Crippen LogP contribution in [0, 0.1) is 11.3 Å². The SMILES string of the molecule is CC1CC(C)(C)CC(O)(c2scnc2Br)C1. The number of halogens is 1. The van der Waals surface area contributed by atoms with Crippen molar-refractivity contribution in [2.45, 2.75) is 45.6 Å². The summed E-state index contributed by atoms with van der Waals surface area (Å²) in [6, 6.07) is 0. The van der Waals surface area contributed by atoms with Gasteiger partial charge in [0.15, 0.2) is 0 Å². The molecule has 0 amide bonds. The Morgan fingerprint density at radius 2 is 2.19 bits per heavy atom. The summed E-state index contributed by atoms with van der Waals surface area (Å²) in [5, 5.41) is 10.9. The van der Waals surface area contributed by atoms with Crippen molar-refractivity contribution in [3.05, 3.63) is 15.0 Å². The first kappa shape index (κ1) is 12.5. The zero-order chi connectivity index (χ0) is 12.0. The van der Waals surface area contributed by atoms with Gasteiger partial charge in [-0.15, -0.1) is 11.3 Å². The Morgan fingerprint density at radius 3 is 2.69 bits per heavy atom. The van der Waals surface area contributed by atoms with Crippen LogP contribution < -0.4 is 0 Å². The van der Waals surface area contributed by atoms with Crippen LogP contribution in [0.1, 0.15) is 44.9 Å². The second-order valence-corrected chi connectivity index (χ2v) is 7.46. The molecule has 1 saturated carbocycles. The first-order valence-corrected chi connectivity index (χ1v) is 7.31. The molecule has 1 N–H and O–H groups in total. The van der Waals surface area contributed by atoms with Crippen molar-refractivity contribution in [2.24, 2.45) is 11.3 Å². The van der Waals surface area contributed by atoms with Crippen molar-refractivity contribution in [1.29, 1.82) is 0 Å². The fourth-order valence-electron chi connectivity index (χ4n) is 3.24. The molecule has 0 spiro atoms. The molecular formula is C12H18BrNOS. The molecule has 1 heterocycles. The highest BCUT2D eigenvalue weighted by molar-refractivity contribution is 9.10. The van der Waals surface area contributed by atoms with E-state index in [9.17, 15) is 5.11 Å². The number of thiazole rings is 1. The minimum atomic E-state index is -0.693. The van der Waals surface area contributed by atoms with Gasteiger partial charge in [0.05, 0.1) is 10.4 Å². The molecule has 1 aliphatic carbocycles. The summed E-state index contributed by atoms with van der Waals surface area (Å²) in [7, 11) is 0. The molecule has 90 valence electrons. The Bertz CT molecular complexity index is 390. The molecule has 2 nitrogen and oxygen atoms in total. The zero-order valence-corrected chi connectivity index (χ0v) is 12.4. The van der Waals surface area contributed by atoms with Crippen LogP contribution in [0.15, 0.2) is 10.1 Å². The average Bonchev–Trinajstić information content (AvgIpc) is 2.46. The fourth-order valence-corrected chi connectivity index (χ4v) is 4.91. The molecule has 2 rings (SSSR count). The van der Waals surface area contributed by atoms with Gasteiger partial charge in [0.25, 0.3) is 0 Å². The molecule has 1 aliphatic rings. The van der Waals surface area contributed by atoms with Crippen LogP contribution in [-0.2, 0) is 5.60 Å². The first-order valence-electron chi connectivity index (χ1n) is 5.64. The molecule has 1 fully saturated rings. The second-order valence-electron chi connectivity index (χ2n) is 5.86. The number of hydrogen-bond donors (Lipinski definition) is 1. The molecule has 0 radical (unpaired) electrons. The molecular weight excluding hydrogens is 286 g/mol. The van der Waals surface area contributed by atoms with E-state index >= 15 is 0 Å². The van der Waals surface area contributed by atoms with Gasteiger partial charge in [0.1, 0.15) is 10.2 Å². The van der Waals surface area contributed by atoms with Crippen LogP contribution in [0.5, 0.6) is 0 Å². The van der Waals surface area contributed by atoms with Crippen molar-refractivity contribution < 1.29 is 5.11 Å². The lowest BCUT2D eigenvalue weighted by atomic mass is 9.65. The summed E-state index contributed by atoms with van der Waals surface area (Å²) in [4.78, 5) is 5.18. The first-order chi connectivity index (χ1) is 7.32. The lowest BCUT2D eigenvalue weighted by Crippen LogP contribution is -2.39. The molecule has 1 aromatic rings. The number of aromatic nitrogens is 1. The van der Waals surface area contributed by atoms with Gasteiger partial charge in [-0.1, -0.05) is 20.8 Å². The summed E-state index contributed by atoms with van der Waals surface area (Å²) in [5.41, 5.74) is 1.31. The summed E-state index contributed by atoms with van der Waals surface area (Å²) >= 11 is 4.98. The van der Waals surface area contributed by atoms with E-state index in [1.54, 1.807) is 16.8 Å². The molecule has 0 bridgehead atoms. The van der Waals surface area contributed by atoms with E-state index in [4.69, 9.17) is 0 Å². The minimum Gasteiger partial charge on any atom is -0.384 e. The summed E-state index contributed by atoms with van der Waals surface area (Å²) in [6.07, 6.45) is 2.86. The third kappa shape index (κ3) is 2.34. The van der Waals surface area contributed by atoms with Gasteiger partial charge in [-0.25, -0.2) is 4.98 Å². The zero-order valence-electron chi connectivity index (χ0n) is 9.96. The molecule has 2 atom stereocenters. The van der Waals surface area contributed by atoms with Gasteiger partial charge in [-0.05, 0) is 46.5 Å². The quantitative estimate of drug-likeness (QED) is 0.852. The minimum absolute atomic E-state index is 0.204. The second kappa shape index (κ2) is 4.07. The predicted molar refractivity (Wildman–Crippen MR) is 70.5 cm³/mol. The number of nitrogens with zero attached hydrogens (tertiary/aromatic N) is 1. The van der Waals surface area contributed by atoms with E-state index in [-0.39, 0.29) is 5.41 Å². The lowest BCUT2D eigenvalue weighted by molar-refractivity contribution is -0.0614. The summed E-state index contributed by atoms with van der Waals surface area (Å²) < 4.78 is 0.810. The van der Waals surface area contributed by atoms with Gasteiger partial charge in [0, 0.05) is 0 Å².